The van der Waals surface area contributed by atoms with Crippen molar-refractivity contribution in [1.82, 2.24) is 0 Å². The van der Waals surface area contributed by atoms with Gasteiger partial charge in [-0.05, 0) is 32.1 Å². The molecule has 0 rings (SSSR count). The summed E-state index contributed by atoms with van der Waals surface area (Å²) in [4.78, 5) is 14.8. The standard InChI is InChI=1S/C22H34O5/c1-2-3-10-15-20(23)16-11-7-5-4-6-8-12-17-21(27-26)18-13-9-14-19-22(24)25/h3,5-8,10-12,16-17,20-21,23,26H,2,4,9,13-15,18-19H2,1H3,(H,24,25)/b7-5-,8-6-,10-3-,16-11+,17-12+/t20-,21+/m1/s1. The number of rotatable bonds is 16. The first kappa shape index (κ1) is 25.1. The molecule has 0 saturated carbocycles. The van der Waals surface area contributed by atoms with Gasteiger partial charge in [0.05, 0.1) is 6.10 Å². The highest BCUT2D eigenvalue weighted by molar-refractivity contribution is 5.66. The van der Waals surface area contributed by atoms with Crippen molar-refractivity contribution < 1.29 is 25.2 Å². The fourth-order valence-electron chi connectivity index (χ4n) is 2.24. The highest BCUT2D eigenvalue weighted by Crippen LogP contribution is 2.09. The first-order chi connectivity index (χ1) is 13.1. The largest absolute Gasteiger partial charge is 0.481 e. The fourth-order valence-corrected chi connectivity index (χ4v) is 2.24. The molecule has 0 aliphatic rings. The molecule has 5 heteroatoms. The molecule has 0 bridgehead atoms. The van der Waals surface area contributed by atoms with Gasteiger partial charge in [0.2, 0.25) is 0 Å². The van der Waals surface area contributed by atoms with Crippen LogP contribution in [0.25, 0.3) is 0 Å². The SMILES string of the molecule is CC/C=C\C[C@@H](O)/C=C/C=C\C/C=C\C=C\[C@@H](CCCCCC(=O)O)OO. The van der Waals surface area contributed by atoms with E-state index in [1.807, 2.05) is 48.6 Å². The predicted molar refractivity (Wildman–Crippen MR) is 109 cm³/mol. The second kappa shape index (κ2) is 18.8. The zero-order valence-corrected chi connectivity index (χ0v) is 16.2. The number of hydrogen-bond donors (Lipinski definition) is 3. The zero-order chi connectivity index (χ0) is 20.2. The number of carbonyl (C=O) groups is 1. The van der Waals surface area contributed by atoms with Crippen molar-refractivity contribution >= 4 is 5.97 Å². The highest BCUT2D eigenvalue weighted by Gasteiger charge is 2.04. The van der Waals surface area contributed by atoms with Crippen LogP contribution in [0.15, 0.2) is 60.8 Å². The maximum absolute atomic E-state index is 10.4. The van der Waals surface area contributed by atoms with Crippen molar-refractivity contribution in [2.45, 2.75) is 70.5 Å². The first-order valence-corrected chi connectivity index (χ1v) is 9.61. The van der Waals surface area contributed by atoms with E-state index >= 15 is 0 Å². The van der Waals surface area contributed by atoms with Gasteiger partial charge in [0.25, 0.3) is 0 Å². The summed E-state index contributed by atoms with van der Waals surface area (Å²) in [5, 5.41) is 27.1. The smallest absolute Gasteiger partial charge is 0.303 e. The minimum absolute atomic E-state index is 0.181. The Labute approximate surface area is 163 Å². The Hall–Kier alpha value is -1.95. The van der Waals surface area contributed by atoms with Crippen molar-refractivity contribution in [3.8, 4) is 0 Å². The summed E-state index contributed by atoms with van der Waals surface area (Å²) >= 11 is 0. The molecule has 0 unspecified atom stereocenters. The van der Waals surface area contributed by atoms with Crippen LogP contribution in [0.2, 0.25) is 0 Å². The van der Waals surface area contributed by atoms with E-state index in [-0.39, 0.29) is 12.5 Å². The number of unbranched alkanes of at least 4 members (excludes halogenated alkanes) is 2. The normalized spacial score (nSPS) is 15.1. The molecule has 152 valence electrons. The van der Waals surface area contributed by atoms with E-state index in [1.165, 1.54) is 0 Å². The maximum Gasteiger partial charge on any atom is 0.303 e. The molecule has 0 aliphatic heterocycles. The van der Waals surface area contributed by atoms with Crippen LogP contribution in [-0.2, 0) is 9.68 Å². The Morgan fingerprint density at radius 1 is 0.963 bits per heavy atom. The van der Waals surface area contributed by atoms with Gasteiger partial charge in [-0.2, -0.15) is 0 Å². The van der Waals surface area contributed by atoms with Crippen molar-refractivity contribution in [3.63, 3.8) is 0 Å². The molecular formula is C22H34O5. The second-order valence-electron chi connectivity index (χ2n) is 6.18. The van der Waals surface area contributed by atoms with Crippen LogP contribution in [0.5, 0.6) is 0 Å². The molecule has 0 amide bonds. The summed E-state index contributed by atoms with van der Waals surface area (Å²) in [5.74, 6) is -0.778. The Bertz CT molecular complexity index is 503. The molecule has 0 aromatic heterocycles. The number of aliphatic hydroxyl groups is 1. The van der Waals surface area contributed by atoms with Gasteiger partial charge in [-0.3, -0.25) is 10.1 Å². The number of allylic oxidation sites excluding steroid dienone is 7. The summed E-state index contributed by atoms with van der Waals surface area (Å²) in [7, 11) is 0. The zero-order valence-electron chi connectivity index (χ0n) is 16.2. The minimum Gasteiger partial charge on any atom is -0.481 e. The molecule has 27 heavy (non-hydrogen) atoms. The van der Waals surface area contributed by atoms with Crippen LogP contribution >= 0.6 is 0 Å². The lowest BCUT2D eigenvalue weighted by molar-refractivity contribution is -0.267. The number of carboxylic acid groups (broad SMARTS) is 1. The topological polar surface area (TPSA) is 87.0 Å². The van der Waals surface area contributed by atoms with Crippen molar-refractivity contribution in [1.29, 1.82) is 0 Å². The van der Waals surface area contributed by atoms with E-state index in [0.717, 1.165) is 25.7 Å². The summed E-state index contributed by atoms with van der Waals surface area (Å²) in [6, 6.07) is 0. The molecule has 0 aliphatic carbocycles. The molecule has 0 radical (unpaired) electrons. The van der Waals surface area contributed by atoms with Crippen molar-refractivity contribution in [3.05, 3.63) is 60.8 Å². The lowest BCUT2D eigenvalue weighted by Crippen LogP contribution is -2.06. The van der Waals surface area contributed by atoms with Crippen molar-refractivity contribution in [2.75, 3.05) is 0 Å². The molecule has 0 heterocycles. The molecule has 0 spiro atoms. The number of carboxylic acids is 1. The Morgan fingerprint density at radius 2 is 1.67 bits per heavy atom. The van der Waals surface area contributed by atoms with Gasteiger partial charge in [-0.15, -0.1) is 0 Å². The molecule has 3 N–H and O–H groups in total. The van der Waals surface area contributed by atoms with E-state index in [0.29, 0.717) is 19.3 Å². The monoisotopic (exact) mass is 378 g/mol. The summed E-state index contributed by atoms with van der Waals surface area (Å²) in [6.45, 7) is 2.06. The second-order valence-corrected chi connectivity index (χ2v) is 6.18. The van der Waals surface area contributed by atoms with Gasteiger partial charge in [0.1, 0.15) is 6.10 Å². The van der Waals surface area contributed by atoms with Gasteiger partial charge >= 0.3 is 5.97 Å². The Kier molecular flexibility index (Phi) is 17.5. The molecule has 0 aromatic carbocycles. The predicted octanol–water partition coefficient (Wildman–Crippen LogP) is 5.21. The fraction of sp³-hybridized carbons (Fsp3) is 0.500. The maximum atomic E-state index is 10.4. The molecule has 2 atom stereocenters. The summed E-state index contributed by atoms with van der Waals surface area (Å²) < 4.78 is 0. The average Bonchev–Trinajstić information content (AvgIpc) is 2.64. The van der Waals surface area contributed by atoms with Gasteiger partial charge in [-0.25, -0.2) is 4.89 Å². The number of hydrogen-bond acceptors (Lipinski definition) is 4. The average molecular weight is 379 g/mol. The van der Waals surface area contributed by atoms with Crippen LogP contribution in [-0.4, -0.2) is 33.6 Å². The van der Waals surface area contributed by atoms with Crippen LogP contribution in [0.1, 0.15) is 58.3 Å². The van der Waals surface area contributed by atoms with E-state index < -0.39 is 12.1 Å². The van der Waals surface area contributed by atoms with Crippen molar-refractivity contribution in [2.24, 2.45) is 0 Å². The lowest BCUT2D eigenvalue weighted by Gasteiger charge is -2.07. The Balaban J connectivity index is 3.90. The third-order valence-corrected chi connectivity index (χ3v) is 3.72. The van der Waals surface area contributed by atoms with Gasteiger partial charge in [0, 0.05) is 6.42 Å². The van der Waals surface area contributed by atoms with Crippen LogP contribution < -0.4 is 0 Å². The third-order valence-electron chi connectivity index (χ3n) is 3.72. The van der Waals surface area contributed by atoms with E-state index in [1.54, 1.807) is 12.2 Å². The quantitative estimate of drug-likeness (QED) is 0.113. The minimum atomic E-state index is -0.778. The van der Waals surface area contributed by atoms with Crippen LogP contribution in [0.4, 0.5) is 0 Å². The summed E-state index contributed by atoms with van der Waals surface area (Å²) in [5.41, 5.74) is 0. The molecule has 0 fully saturated rings. The molecule has 5 nitrogen and oxygen atoms in total. The Morgan fingerprint density at radius 3 is 2.30 bits per heavy atom. The van der Waals surface area contributed by atoms with Crippen LogP contribution in [0, 0.1) is 0 Å². The number of aliphatic carboxylic acids is 1. The van der Waals surface area contributed by atoms with Gasteiger partial charge in [-0.1, -0.05) is 80.5 Å². The van der Waals surface area contributed by atoms with Gasteiger partial charge < -0.3 is 10.2 Å². The van der Waals surface area contributed by atoms with E-state index in [9.17, 15) is 9.90 Å². The first-order valence-electron chi connectivity index (χ1n) is 9.61. The summed E-state index contributed by atoms with van der Waals surface area (Å²) in [6.07, 6.45) is 23.6. The third kappa shape index (κ3) is 18.6. The van der Waals surface area contributed by atoms with Crippen LogP contribution in [0.3, 0.4) is 0 Å². The number of aliphatic hydroxyl groups excluding tert-OH is 1. The molecular weight excluding hydrogens is 344 g/mol. The highest BCUT2D eigenvalue weighted by atomic mass is 17.1. The van der Waals surface area contributed by atoms with E-state index in [4.69, 9.17) is 10.4 Å². The van der Waals surface area contributed by atoms with E-state index in [2.05, 4.69) is 11.8 Å². The molecule has 0 saturated heterocycles. The lowest BCUT2D eigenvalue weighted by atomic mass is 10.1. The van der Waals surface area contributed by atoms with Gasteiger partial charge in [0.15, 0.2) is 0 Å². The molecule has 0 aromatic rings.